The molecule has 3 aromatic rings. The first kappa shape index (κ1) is 21.6. The summed E-state index contributed by atoms with van der Waals surface area (Å²) in [5.74, 6) is -2.47. The Labute approximate surface area is 208 Å². The molecule has 36 heavy (non-hydrogen) atoms. The Balaban J connectivity index is 1.60. The Bertz CT molecular complexity index is 1520. The predicted octanol–water partition coefficient (Wildman–Crippen LogP) is 5.25. The number of halogens is 6. The highest BCUT2D eigenvalue weighted by molar-refractivity contribution is 6.31. The van der Waals surface area contributed by atoms with Crippen LogP contribution >= 0.6 is 11.6 Å². The van der Waals surface area contributed by atoms with E-state index >= 15 is 0 Å². The van der Waals surface area contributed by atoms with Crippen LogP contribution in [0.5, 0.6) is 0 Å². The molecule has 2 aliphatic rings. The lowest BCUT2D eigenvalue weighted by molar-refractivity contribution is -0.258. The minimum atomic E-state index is -5.64. The van der Waals surface area contributed by atoms with E-state index < -0.39 is 59.1 Å². The number of urea groups is 1. The fraction of sp³-hybridized carbons (Fsp3) is 0.167. The molecule has 2 atom stereocenters. The van der Waals surface area contributed by atoms with Gasteiger partial charge < -0.3 is 15.7 Å². The average molecular weight is 526 g/mol. The molecular formula is C24H15ClF5N3O3. The number of rotatable bonds is 2. The number of carbonyl (C=O) groups excluding carboxylic acids is 2. The minimum absolute atomic E-state index is 0.0308. The Morgan fingerprint density at radius 1 is 1.17 bits per heavy atom. The molecule has 2 aliphatic heterocycles. The number of β-amino-alcohol motifs (C(OH)–C–C–N with tert-alkyl or cyclic N) is 1. The predicted molar refractivity (Wildman–Crippen MR) is 120 cm³/mol. The molecule has 3 N–H and O–H groups in total. The van der Waals surface area contributed by atoms with Gasteiger partial charge in [0.15, 0.2) is 0 Å². The van der Waals surface area contributed by atoms with Crippen molar-refractivity contribution in [3.05, 3.63) is 93.5 Å². The zero-order chi connectivity index (χ0) is 27.8. The summed E-state index contributed by atoms with van der Waals surface area (Å²) in [6.45, 7) is -3.82. The summed E-state index contributed by atoms with van der Waals surface area (Å²) >= 11 is 6.20. The zero-order valence-electron chi connectivity index (χ0n) is 19.8. The first-order valence-corrected chi connectivity index (χ1v) is 10.7. The summed E-state index contributed by atoms with van der Waals surface area (Å²) in [4.78, 5) is 26.0. The number of nitrogens with zero attached hydrogens (tertiary/aromatic N) is 1. The van der Waals surface area contributed by atoms with Gasteiger partial charge in [-0.1, -0.05) is 17.7 Å². The summed E-state index contributed by atoms with van der Waals surface area (Å²) in [5, 5.41) is 15.5. The fourth-order valence-corrected chi connectivity index (χ4v) is 4.48. The molecule has 6 nitrogen and oxygen atoms in total. The van der Waals surface area contributed by atoms with E-state index in [1.54, 1.807) is 0 Å². The SMILES string of the molecule is [2H]C1([2H])N(C(=O)Nc2cccc3c2[C@H](c2cc(F)ccc2Cl)NC3=O)c2ccc(F)cc2[C@]1(O)C(F)(F)F. The molecule has 186 valence electrons. The highest BCUT2D eigenvalue weighted by Crippen LogP contribution is 2.49. The van der Waals surface area contributed by atoms with Crippen molar-refractivity contribution in [2.75, 3.05) is 16.7 Å². The minimum Gasteiger partial charge on any atom is -0.375 e. The third-order valence-electron chi connectivity index (χ3n) is 5.90. The Kier molecular flexibility index (Phi) is 4.90. The summed E-state index contributed by atoms with van der Waals surface area (Å²) in [6, 6.07) is 6.68. The number of hydrogen-bond acceptors (Lipinski definition) is 3. The van der Waals surface area contributed by atoms with Crippen LogP contribution in [-0.4, -0.2) is 29.7 Å². The summed E-state index contributed by atoms with van der Waals surface area (Å²) < 4.78 is 86.1. The van der Waals surface area contributed by atoms with E-state index in [2.05, 4.69) is 10.6 Å². The third-order valence-corrected chi connectivity index (χ3v) is 6.25. The molecule has 0 radical (unpaired) electrons. The van der Waals surface area contributed by atoms with Crippen molar-refractivity contribution in [2.45, 2.75) is 17.8 Å². The summed E-state index contributed by atoms with van der Waals surface area (Å²) in [5.41, 5.74) is -6.02. The highest BCUT2D eigenvalue weighted by atomic mass is 35.5. The van der Waals surface area contributed by atoms with Crippen LogP contribution in [0, 0.1) is 11.6 Å². The number of hydrogen-bond donors (Lipinski definition) is 3. The number of amides is 3. The van der Waals surface area contributed by atoms with Gasteiger partial charge in [0.25, 0.3) is 5.91 Å². The molecule has 0 unspecified atom stereocenters. The van der Waals surface area contributed by atoms with Crippen LogP contribution in [0.2, 0.25) is 5.02 Å². The van der Waals surface area contributed by atoms with Crippen molar-refractivity contribution >= 4 is 34.9 Å². The molecule has 12 heteroatoms. The van der Waals surface area contributed by atoms with E-state index in [4.69, 9.17) is 14.3 Å². The molecule has 0 aliphatic carbocycles. The van der Waals surface area contributed by atoms with Crippen LogP contribution in [0.3, 0.4) is 0 Å². The fourth-order valence-electron chi connectivity index (χ4n) is 4.26. The second kappa shape index (κ2) is 8.17. The van der Waals surface area contributed by atoms with Gasteiger partial charge in [0.2, 0.25) is 5.60 Å². The zero-order valence-corrected chi connectivity index (χ0v) is 18.5. The van der Waals surface area contributed by atoms with Crippen LogP contribution in [0.25, 0.3) is 0 Å². The smallest absolute Gasteiger partial charge is 0.375 e. The van der Waals surface area contributed by atoms with Gasteiger partial charge in [0.05, 0.1) is 21.0 Å². The standard InChI is InChI=1S/C24H15ClF5N3O3/c25-16-6-4-11(26)8-14(16)20-19-13(21(34)32-20)2-1-3-17(19)31-22(35)33-10-23(36,24(28,29)30)15-9-12(27)5-7-18(15)33/h1-9,20,36H,10H2,(H,31,35)(H,32,34)/t20-,23-/m0/s1/i10D2. The van der Waals surface area contributed by atoms with Crippen molar-refractivity contribution in [3.8, 4) is 0 Å². The molecule has 5 rings (SSSR count). The molecule has 3 amide bonds. The highest BCUT2D eigenvalue weighted by Gasteiger charge is 2.61. The van der Waals surface area contributed by atoms with E-state index in [1.807, 2.05) is 0 Å². The van der Waals surface area contributed by atoms with Crippen molar-refractivity contribution in [2.24, 2.45) is 0 Å². The lowest BCUT2D eigenvalue weighted by Gasteiger charge is -2.27. The van der Waals surface area contributed by atoms with E-state index in [-0.39, 0.29) is 32.3 Å². The molecule has 0 aromatic heterocycles. The molecule has 0 spiro atoms. The number of carbonyl (C=O) groups is 2. The number of aliphatic hydroxyl groups is 1. The van der Waals surface area contributed by atoms with Gasteiger partial charge >= 0.3 is 12.2 Å². The van der Waals surface area contributed by atoms with Gasteiger partial charge in [-0.2, -0.15) is 13.2 Å². The Hall–Kier alpha value is -3.70. The molecule has 0 saturated carbocycles. The molecule has 3 aromatic carbocycles. The number of nitrogens with one attached hydrogen (secondary N) is 2. The van der Waals surface area contributed by atoms with Gasteiger partial charge in [0, 0.05) is 33.0 Å². The number of anilines is 2. The lowest BCUT2D eigenvalue weighted by atomic mass is 9.95. The van der Waals surface area contributed by atoms with Gasteiger partial charge in [-0.25, -0.2) is 13.6 Å². The molecular weight excluding hydrogens is 509 g/mol. The maximum atomic E-state index is 14.0. The van der Waals surface area contributed by atoms with Crippen LogP contribution < -0.4 is 15.5 Å². The second-order valence-corrected chi connectivity index (χ2v) is 8.49. The van der Waals surface area contributed by atoms with E-state index in [1.165, 1.54) is 24.3 Å². The number of benzene rings is 3. The van der Waals surface area contributed by atoms with Gasteiger partial charge in [-0.05, 0) is 48.5 Å². The molecule has 0 fully saturated rings. The monoisotopic (exact) mass is 525 g/mol. The lowest BCUT2D eigenvalue weighted by Crippen LogP contribution is -2.48. The quantitative estimate of drug-likeness (QED) is 0.400. The van der Waals surface area contributed by atoms with Gasteiger partial charge in [-0.3, -0.25) is 9.69 Å². The van der Waals surface area contributed by atoms with Crippen LogP contribution in [0.4, 0.5) is 38.1 Å². The van der Waals surface area contributed by atoms with Gasteiger partial charge in [-0.15, -0.1) is 0 Å². The first-order chi connectivity index (χ1) is 17.7. The van der Waals surface area contributed by atoms with E-state index in [0.717, 1.165) is 18.2 Å². The first-order valence-electron chi connectivity index (χ1n) is 11.3. The van der Waals surface area contributed by atoms with Crippen molar-refractivity contribution in [1.29, 1.82) is 0 Å². The topological polar surface area (TPSA) is 81.7 Å². The van der Waals surface area contributed by atoms with Crippen LogP contribution in [0.1, 0.15) is 35.8 Å². The van der Waals surface area contributed by atoms with E-state index in [9.17, 15) is 36.6 Å². The molecule has 2 heterocycles. The third kappa shape index (κ3) is 3.66. The summed E-state index contributed by atoms with van der Waals surface area (Å²) in [6.07, 6.45) is -5.64. The normalized spacial score (nSPS) is 22.9. The largest absolute Gasteiger partial charge is 0.423 e. The van der Waals surface area contributed by atoms with Gasteiger partial charge in [0.1, 0.15) is 11.6 Å². The van der Waals surface area contributed by atoms with Crippen molar-refractivity contribution in [1.82, 2.24) is 5.32 Å². The maximum absolute atomic E-state index is 14.0. The summed E-state index contributed by atoms with van der Waals surface area (Å²) in [7, 11) is 0. The molecule has 0 bridgehead atoms. The number of fused-ring (bicyclic) bond motifs is 2. The number of alkyl halides is 3. The van der Waals surface area contributed by atoms with E-state index in [0.29, 0.717) is 12.1 Å². The Morgan fingerprint density at radius 2 is 1.86 bits per heavy atom. The maximum Gasteiger partial charge on any atom is 0.423 e. The molecule has 0 saturated heterocycles. The average Bonchev–Trinajstić information content (AvgIpc) is 3.25. The van der Waals surface area contributed by atoms with Crippen LogP contribution in [0.15, 0.2) is 54.6 Å². The van der Waals surface area contributed by atoms with Crippen molar-refractivity contribution in [3.63, 3.8) is 0 Å². The van der Waals surface area contributed by atoms with Crippen LogP contribution in [-0.2, 0) is 5.60 Å². The second-order valence-electron chi connectivity index (χ2n) is 8.09. The Morgan fingerprint density at radius 3 is 2.58 bits per heavy atom. The van der Waals surface area contributed by atoms with Crippen molar-refractivity contribution < 1.29 is 39.4 Å².